The minimum absolute atomic E-state index is 0.303. The summed E-state index contributed by atoms with van der Waals surface area (Å²) in [5, 5.41) is 6.05. The van der Waals surface area contributed by atoms with Crippen LogP contribution in [0.25, 0.3) is 0 Å². The predicted molar refractivity (Wildman–Crippen MR) is 97.0 cm³/mol. The van der Waals surface area contributed by atoms with Crippen LogP contribution in [0.3, 0.4) is 0 Å². The Bertz CT molecular complexity index is 440. The van der Waals surface area contributed by atoms with Crippen molar-refractivity contribution in [1.29, 1.82) is 0 Å². The maximum absolute atomic E-state index is 3.86. The van der Waals surface area contributed by atoms with Crippen molar-refractivity contribution in [3.63, 3.8) is 0 Å². The topological polar surface area (TPSA) is 15.3 Å². The zero-order valence-electron chi connectivity index (χ0n) is 13.8. The fourth-order valence-electron chi connectivity index (χ4n) is 3.34. The van der Waals surface area contributed by atoms with Gasteiger partial charge in [-0.2, -0.15) is 0 Å². The zero-order valence-corrected chi connectivity index (χ0v) is 16.2. The monoisotopic (exact) mass is 372 g/mol. The number of piperazine rings is 1. The Morgan fingerprint density at radius 2 is 2.14 bits per heavy atom. The molecule has 1 fully saturated rings. The first kappa shape index (κ1) is 17.5. The van der Waals surface area contributed by atoms with Gasteiger partial charge in [0.25, 0.3) is 0 Å². The lowest BCUT2D eigenvalue weighted by Gasteiger charge is -2.48. The van der Waals surface area contributed by atoms with E-state index in [-0.39, 0.29) is 0 Å². The molecule has 1 N–H and O–H groups in total. The molecule has 0 bridgehead atoms. The quantitative estimate of drug-likeness (QED) is 0.764. The number of hydrogen-bond acceptors (Lipinski definition) is 3. The van der Waals surface area contributed by atoms with Gasteiger partial charge in [0.15, 0.2) is 0 Å². The van der Waals surface area contributed by atoms with Gasteiger partial charge in [-0.3, -0.25) is 4.90 Å². The van der Waals surface area contributed by atoms with E-state index in [4.69, 9.17) is 0 Å². The van der Waals surface area contributed by atoms with Gasteiger partial charge >= 0.3 is 0 Å². The maximum Gasteiger partial charge on any atom is 0.0343 e. The van der Waals surface area contributed by atoms with Gasteiger partial charge < -0.3 is 5.32 Å². The Balaban J connectivity index is 2.14. The molecule has 2 heterocycles. The van der Waals surface area contributed by atoms with Crippen LogP contribution in [-0.2, 0) is 6.54 Å². The third-order valence-electron chi connectivity index (χ3n) is 4.87. The van der Waals surface area contributed by atoms with Crippen molar-refractivity contribution in [3.05, 3.63) is 20.8 Å². The van der Waals surface area contributed by atoms with E-state index in [0.717, 1.165) is 19.0 Å². The molecule has 21 heavy (non-hydrogen) atoms. The minimum atomic E-state index is 0.303. The molecule has 2 rings (SSSR count). The molecular formula is C17H29BrN2S. The summed E-state index contributed by atoms with van der Waals surface area (Å²) in [6.45, 7) is 12.7. The van der Waals surface area contributed by atoms with Crippen LogP contribution in [0.2, 0.25) is 0 Å². The Morgan fingerprint density at radius 3 is 2.67 bits per heavy atom. The summed E-state index contributed by atoms with van der Waals surface area (Å²) in [6, 6.07) is 2.83. The van der Waals surface area contributed by atoms with Crippen molar-refractivity contribution in [2.24, 2.45) is 5.92 Å². The third-order valence-corrected chi connectivity index (χ3v) is 6.78. The molecule has 1 saturated heterocycles. The van der Waals surface area contributed by atoms with Crippen LogP contribution in [0, 0.1) is 5.92 Å². The first-order chi connectivity index (χ1) is 9.99. The summed E-state index contributed by atoms with van der Waals surface area (Å²) in [5.41, 5.74) is 0.303. The molecule has 0 aliphatic carbocycles. The largest absolute Gasteiger partial charge is 0.308 e. The number of nitrogens with zero attached hydrogens (tertiary/aromatic N) is 1. The van der Waals surface area contributed by atoms with Crippen LogP contribution in [0.1, 0.15) is 51.8 Å². The second kappa shape index (κ2) is 7.58. The molecule has 1 aliphatic heterocycles. The van der Waals surface area contributed by atoms with Gasteiger partial charge in [0.1, 0.15) is 0 Å². The van der Waals surface area contributed by atoms with Crippen LogP contribution in [0.4, 0.5) is 0 Å². The van der Waals surface area contributed by atoms with Crippen molar-refractivity contribution in [2.45, 2.75) is 65.1 Å². The minimum Gasteiger partial charge on any atom is -0.308 e. The molecule has 0 radical (unpaired) electrons. The van der Waals surface area contributed by atoms with E-state index in [0.29, 0.717) is 11.6 Å². The van der Waals surface area contributed by atoms with Gasteiger partial charge in [-0.05, 0) is 52.6 Å². The summed E-state index contributed by atoms with van der Waals surface area (Å²) in [6.07, 6.45) is 3.69. The summed E-state index contributed by atoms with van der Waals surface area (Å²) < 4.78 is 1.27. The van der Waals surface area contributed by atoms with E-state index in [9.17, 15) is 0 Å². The van der Waals surface area contributed by atoms with Gasteiger partial charge in [-0.1, -0.05) is 27.7 Å². The molecule has 1 unspecified atom stereocenters. The lowest BCUT2D eigenvalue weighted by molar-refractivity contribution is 0.0567. The number of thiophene rings is 1. The van der Waals surface area contributed by atoms with E-state index in [2.05, 4.69) is 65.3 Å². The Morgan fingerprint density at radius 1 is 1.43 bits per heavy atom. The first-order valence-corrected chi connectivity index (χ1v) is 9.88. The van der Waals surface area contributed by atoms with Gasteiger partial charge in [0, 0.05) is 40.6 Å². The fourth-order valence-corrected chi connectivity index (χ4v) is 4.85. The zero-order chi connectivity index (χ0) is 15.5. The van der Waals surface area contributed by atoms with E-state index in [1.165, 1.54) is 35.2 Å². The van der Waals surface area contributed by atoms with Crippen molar-refractivity contribution in [3.8, 4) is 0 Å². The van der Waals surface area contributed by atoms with E-state index in [1.54, 1.807) is 0 Å². The highest BCUT2D eigenvalue weighted by molar-refractivity contribution is 9.10. The first-order valence-electron chi connectivity index (χ1n) is 8.20. The van der Waals surface area contributed by atoms with Gasteiger partial charge in [-0.15, -0.1) is 11.3 Å². The SMILES string of the molecule is CCC1(CC)CN(Cc2sccc2Br)C(CC(C)C)CN1. The average Bonchev–Trinajstić information content (AvgIpc) is 2.86. The van der Waals surface area contributed by atoms with E-state index < -0.39 is 0 Å². The highest BCUT2D eigenvalue weighted by Crippen LogP contribution is 2.30. The molecule has 1 aromatic rings. The molecule has 0 spiro atoms. The van der Waals surface area contributed by atoms with Gasteiger partial charge in [0.2, 0.25) is 0 Å². The number of rotatable bonds is 6. The standard InChI is InChI=1S/C17H29BrN2S/c1-5-17(6-2)12-20(11-16-15(18)7-8-21-16)14(10-19-17)9-13(3)4/h7-8,13-14,19H,5-6,9-12H2,1-4H3. The van der Waals surface area contributed by atoms with E-state index in [1.807, 2.05) is 11.3 Å². The Kier molecular flexibility index (Phi) is 6.30. The molecule has 4 heteroatoms. The molecule has 2 nitrogen and oxygen atoms in total. The number of nitrogens with one attached hydrogen (secondary N) is 1. The Hall–Kier alpha value is 0.1000. The lowest BCUT2D eigenvalue weighted by Crippen LogP contribution is -2.63. The lowest BCUT2D eigenvalue weighted by atomic mass is 9.87. The highest BCUT2D eigenvalue weighted by Gasteiger charge is 2.37. The van der Waals surface area contributed by atoms with Crippen LogP contribution in [0.15, 0.2) is 15.9 Å². The predicted octanol–water partition coefficient (Wildman–Crippen LogP) is 4.89. The van der Waals surface area contributed by atoms with Crippen LogP contribution >= 0.6 is 27.3 Å². The normalized spacial score (nSPS) is 22.9. The van der Waals surface area contributed by atoms with Crippen molar-refractivity contribution in [2.75, 3.05) is 13.1 Å². The third kappa shape index (κ3) is 4.31. The molecule has 0 saturated carbocycles. The molecule has 120 valence electrons. The maximum atomic E-state index is 3.86. The van der Waals surface area contributed by atoms with Crippen LogP contribution < -0.4 is 5.32 Å². The average molecular weight is 373 g/mol. The summed E-state index contributed by atoms with van der Waals surface area (Å²) in [4.78, 5) is 4.19. The van der Waals surface area contributed by atoms with Crippen molar-refractivity contribution < 1.29 is 0 Å². The van der Waals surface area contributed by atoms with E-state index >= 15 is 0 Å². The molecule has 0 amide bonds. The summed E-state index contributed by atoms with van der Waals surface area (Å²) in [7, 11) is 0. The number of halogens is 1. The number of hydrogen-bond donors (Lipinski definition) is 1. The molecule has 0 aromatic carbocycles. The molecule has 1 aliphatic rings. The molecular weight excluding hydrogens is 344 g/mol. The Labute approximate surface area is 142 Å². The molecule has 1 aromatic heterocycles. The summed E-state index contributed by atoms with van der Waals surface area (Å²) >= 11 is 5.57. The molecule has 1 atom stereocenters. The van der Waals surface area contributed by atoms with Crippen LogP contribution in [0.5, 0.6) is 0 Å². The highest BCUT2D eigenvalue weighted by atomic mass is 79.9. The second-order valence-corrected chi connectivity index (χ2v) is 8.60. The van der Waals surface area contributed by atoms with Crippen molar-refractivity contribution in [1.82, 2.24) is 10.2 Å². The van der Waals surface area contributed by atoms with Crippen LogP contribution in [-0.4, -0.2) is 29.6 Å². The smallest absolute Gasteiger partial charge is 0.0343 e. The fraction of sp³-hybridized carbons (Fsp3) is 0.765. The van der Waals surface area contributed by atoms with Gasteiger partial charge in [-0.25, -0.2) is 0 Å². The summed E-state index contributed by atoms with van der Waals surface area (Å²) in [5.74, 6) is 0.752. The van der Waals surface area contributed by atoms with Crippen molar-refractivity contribution >= 4 is 27.3 Å². The second-order valence-electron chi connectivity index (χ2n) is 6.75. The van der Waals surface area contributed by atoms with Gasteiger partial charge in [0.05, 0.1) is 0 Å².